The summed E-state index contributed by atoms with van der Waals surface area (Å²) in [6.07, 6.45) is 2.10. The predicted molar refractivity (Wildman–Crippen MR) is 124 cm³/mol. The minimum absolute atomic E-state index is 0.160. The summed E-state index contributed by atoms with van der Waals surface area (Å²) in [7, 11) is -0.768. The van der Waals surface area contributed by atoms with Crippen LogP contribution in [0, 0.1) is 5.92 Å². The first-order chi connectivity index (χ1) is 15.6. The number of piperidine rings is 1. The Balaban J connectivity index is 1.46. The Morgan fingerprint density at radius 2 is 1.73 bits per heavy atom. The van der Waals surface area contributed by atoms with Crippen LogP contribution in [0.1, 0.15) is 12.8 Å². The van der Waals surface area contributed by atoms with Crippen LogP contribution in [0.2, 0.25) is 5.02 Å². The molecule has 12 heteroatoms. The second-order valence-corrected chi connectivity index (χ2v) is 10.3. The average Bonchev–Trinajstić information content (AvgIpc) is 2.81. The van der Waals surface area contributed by atoms with Gasteiger partial charge in [-0.15, -0.1) is 0 Å². The Morgan fingerprint density at radius 3 is 2.36 bits per heavy atom. The fourth-order valence-corrected chi connectivity index (χ4v) is 5.49. The normalized spacial score (nSPS) is 15.6. The SMILES string of the molecule is Cn1c(=O)c2cc(NC(=O)C3CCN(S(=O)(=O)c4ccc(Cl)cc4)CC3)cnc2n(C)c1=O. The maximum atomic E-state index is 12.8. The van der Waals surface area contributed by atoms with E-state index in [0.29, 0.717) is 23.6 Å². The molecule has 4 rings (SSSR count). The third-order valence-electron chi connectivity index (χ3n) is 5.84. The van der Waals surface area contributed by atoms with Gasteiger partial charge in [0.25, 0.3) is 5.56 Å². The van der Waals surface area contributed by atoms with E-state index in [4.69, 9.17) is 11.6 Å². The van der Waals surface area contributed by atoms with Crippen LogP contribution in [0.3, 0.4) is 0 Å². The molecular weight excluding hydrogens is 470 g/mol. The number of carbonyl (C=O) groups excluding carboxylic acids is 1. The van der Waals surface area contributed by atoms with Crippen molar-refractivity contribution in [3.8, 4) is 0 Å². The monoisotopic (exact) mass is 491 g/mol. The van der Waals surface area contributed by atoms with Gasteiger partial charge in [-0.05, 0) is 43.2 Å². The molecule has 174 valence electrons. The number of aryl methyl sites for hydroxylation is 1. The number of aromatic nitrogens is 3. The highest BCUT2D eigenvalue weighted by atomic mass is 35.5. The Morgan fingerprint density at radius 1 is 1.09 bits per heavy atom. The number of pyridine rings is 1. The van der Waals surface area contributed by atoms with Gasteiger partial charge in [0.15, 0.2) is 0 Å². The number of anilines is 1. The van der Waals surface area contributed by atoms with Crippen LogP contribution in [0.25, 0.3) is 11.0 Å². The summed E-state index contributed by atoms with van der Waals surface area (Å²) in [4.78, 5) is 41.6. The molecule has 2 aromatic heterocycles. The van der Waals surface area contributed by atoms with Crippen molar-refractivity contribution in [1.29, 1.82) is 0 Å². The minimum atomic E-state index is -3.66. The number of amides is 1. The Bertz CT molecular complexity index is 1460. The van der Waals surface area contributed by atoms with Gasteiger partial charge in [-0.3, -0.25) is 18.7 Å². The number of hydrogen-bond acceptors (Lipinski definition) is 6. The van der Waals surface area contributed by atoms with Gasteiger partial charge < -0.3 is 5.32 Å². The van der Waals surface area contributed by atoms with Gasteiger partial charge in [-0.2, -0.15) is 4.31 Å². The molecule has 0 saturated carbocycles. The van der Waals surface area contributed by atoms with Crippen molar-refractivity contribution in [3.63, 3.8) is 0 Å². The Kier molecular flexibility index (Phi) is 6.12. The molecule has 1 amide bonds. The van der Waals surface area contributed by atoms with Gasteiger partial charge in [0.2, 0.25) is 15.9 Å². The van der Waals surface area contributed by atoms with Crippen molar-refractivity contribution in [2.75, 3.05) is 18.4 Å². The molecule has 1 aromatic carbocycles. The molecule has 0 unspecified atom stereocenters. The molecule has 3 aromatic rings. The van der Waals surface area contributed by atoms with Crippen molar-refractivity contribution in [3.05, 3.63) is 62.4 Å². The second-order valence-electron chi connectivity index (χ2n) is 7.92. The van der Waals surface area contributed by atoms with Gasteiger partial charge in [-0.25, -0.2) is 18.2 Å². The van der Waals surface area contributed by atoms with Crippen molar-refractivity contribution < 1.29 is 13.2 Å². The van der Waals surface area contributed by atoms with Crippen LogP contribution in [0.5, 0.6) is 0 Å². The number of nitrogens with zero attached hydrogens (tertiary/aromatic N) is 4. The fraction of sp³-hybridized carbons (Fsp3) is 0.333. The third kappa shape index (κ3) is 4.31. The molecule has 33 heavy (non-hydrogen) atoms. The highest BCUT2D eigenvalue weighted by molar-refractivity contribution is 7.89. The lowest BCUT2D eigenvalue weighted by Crippen LogP contribution is -2.41. The van der Waals surface area contributed by atoms with Crippen LogP contribution in [-0.2, 0) is 28.9 Å². The molecule has 0 spiro atoms. The van der Waals surface area contributed by atoms with Gasteiger partial charge in [0.1, 0.15) is 5.65 Å². The van der Waals surface area contributed by atoms with E-state index in [9.17, 15) is 22.8 Å². The zero-order valence-corrected chi connectivity index (χ0v) is 19.6. The first-order valence-corrected chi connectivity index (χ1v) is 12.0. The molecule has 3 heterocycles. The number of nitrogens with one attached hydrogen (secondary N) is 1. The Hall–Kier alpha value is -3.02. The number of hydrogen-bond donors (Lipinski definition) is 1. The fourth-order valence-electron chi connectivity index (χ4n) is 3.89. The molecule has 0 bridgehead atoms. The lowest BCUT2D eigenvalue weighted by atomic mass is 9.97. The number of rotatable bonds is 4. The first-order valence-electron chi connectivity index (χ1n) is 10.2. The van der Waals surface area contributed by atoms with Crippen LogP contribution >= 0.6 is 11.6 Å². The Labute approximate surface area is 194 Å². The van der Waals surface area contributed by atoms with Crippen molar-refractivity contribution >= 4 is 44.3 Å². The van der Waals surface area contributed by atoms with Crippen LogP contribution < -0.4 is 16.6 Å². The first kappa shape index (κ1) is 23.1. The minimum Gasteiger partial charge on any atom is -0.324 e. The maximum absolute atomic E-state index is 12.8. The van der Waals surface area contributed by atoms with Gasteiger partial charge >= 0.3 is 5.69 Å². The zero-order valence-electron chi connectivity index (χ0n) is 18.0. The lowest BCUT2D eigenvalue weighted by molar-refractivity contribution is -0.120. The molecule has 1 aliphatic rings. The molecule has 0 radical (unpaired) electrons. The predicted octanol–water partition coefficient (Wildman–Crippen LogP) is 1.32. The number of sulfonamides is 1. The van der Waals surface area contributed by atoms with E-state index in [0.717, 1.165) is 4.57 Å². The molecule has 0 aliphatic carbocycles. The van der Waals surface area contributed by atoms with Gasteiger partial charge in [0.05, 0.1) is 22.2 Å². The van der Waals surface area contributed by atoms with Crippen LogP contribution in [0.4, 0.5) is 5.69 Å². The number of carbonyl (C=O) groups is 1. The summed E-state index contributed by atoms with van der Waals surface area (Å²) in [5, 5.41) is 3.42. The number of fused-ring (bicyclic) bond motifs is 1. The summed E-state index contributed by atoms with van der Waals surface area (Å²) in [6.45, 7) is 0.420. The zero-order chi connectivity index (χ0) is 23.9. The quantitative estimate of drug-likeness (QED) is 0.587. The highest BCUT2D eigenvalue weighted by Crippen LogP contribution is 2.26. The number of benzene rings is 1. The largest absolute Gasteiger partial charge is 0.332 e. The van der Waals surface area contributed by atoms with E-state index >= 15 is 0 Å². The molecule has 0 atom stereocenters. The molecule has 1 aliphatic heterocycles. The van der Waals surface area contributed by atoms with E-state index in [1.807, 2.05) is 0 Å². The summed E-state index contributed by atoms with van der Waals surface area (Å²) < 4.78 is 29.2. The van der Waals surface area contributed by atoms with Gasteiger partial charge in [-0.1, -0.05) is 11.6 Å². The summed E-state index contributed by atoms with van der Waals surface area (Å²) in [6, 6.07) is 7.46. The summed E-state index contributed by atoms with van der Waals surface area (Å²) in [5.74, 6) is -0.665. The molecule has 1 N–H and O–H groups in total. The van der Waals surface area contributed by atoms with Crippen molar-refractivity contribution in [2.45, 2.75) is 17.7 Å². The lowest BCUT2D eigenvalue weighted by Gasteiger charge is -2.30. The average molecular weight is 492 g/mol. The molecule has 1 saturated heterocycles. The van der Waals surface area contributed by atoms with E-state index in [-0.39, 0.29) is 40.8 Å². The van der Waals surface area contributed by atoms with E-state index in [2.05, 4.69) is 10.3 Å². The number of halogens is 1. The smallest absolute Gasteiger partial charge is 0.324 e. The van der Waals surface area contributed by atoms with Crippen molar-refractivity contribution in [2.24, 2.45) is 20.0 Å². The van der Waals surface area contributed by atoms with Gasteiger partial charge in [0, 0.05) is 38.1 Å². The van der Waals surface area contributed by atoms with E-state index in [1.54, 1.807) is 0 Å². The van der Waals surface area contributed by atoms with Crippen molar-refractivity contribution in [1.82, 2.24) is 18.4 Å². The molecular formula is C21H22ClN5O5S. The van der Waals surface area contributed by atoms with Crippen LogP contribution in [0.15, 0.2) is 51.0 Å². The van der Waals surface area contributed by atoms with E-state index in [1.165, 1.54) is 59.5 Å². The topological polar surface area (TPSA) is 123 Å². The third-order valence-corrected chi connectivity index (χ3v) is 8.00. The molecule has 1 fully saturated rings. The van der Waals surface area contributed by atoms with Crippen LogP contribution in [-0.4, -0.2) is 45.8 Å². The second kappa shape index (κ2) is 8.73. The van der Waals surface area contributed by atoms with E-state index < -0.39 is 21.3 Å². The molecule has 10 nitrogen and oxygen atoms in total. The summed E-state index contributed by atoms with van der Waals surface area (Å²) in [5.41, 5.74) is -0.434. The maximum Gasteiger partial charge on any atom is 0.332 e. The standard InChI is InChI=1S/C21H22ClN5O5S/c1-25-18-17(20(29)26(2)21(25)30)11-15(12-23-18)24-19(28)13-7-9-27(10-8-13)33(31,32)16-5-3-14(22)4-6-16/h3-6,11-13H,7-10H2,1-2H3,(H,24,28). The highest BCUT2D eigenvalue weighted by Gasteiger charge is 2.32. The summed E-state index contributed by atoms with van der Waals surface area (Å²) >= 11 is 5.84.